The second-order valence-corrected chi connectivity index (χ2v) is 6.52. The molecule has 5 nitrogen and oxygen atoms in total. The number of rotatable bonds is 6. The van der Waals surface area contributed by atoms with Gasteiger partial charge in [-0.05, 0) is 29.8 Å². The van der Waals surface area contributed by atoms with E-state index in [1.807, 2.05) is 71.6 Å². The summed E-state index contributed by atoms with van der Waals surface area (Å²) < 4.78 is 31.5. The summed E-state index contributed by atoms with van der Waals surface area (Å²) in [5.74, 6) is 0. The van der Waals surface area contributed by atoms with E-state index in [9.17, 15) is 8.42 Å². The zero-order chi connectivity index (χ0) is 16.1. The van der Waals surface area contributed by atoms with Crippen LogP contribution < -0.4 is 9.44 Å². The SMILES string of the molecule is O=S(=O)(NCc1ccccc1)Nc1ccccc1-n1cccc1. The van der Waals surface area contributed by atoms with Gasteiger partial charge < -0.3 is 4.57 Å². The summed E-state index contributed by atoms with van der Waals surface area (Å²) in [6, 6.07) is 20.4. The first-order chi connectivity index (χ1) is 11.1. The van der Waals surface area contributed by atoms with E-state index in [1.54, 1.807) is 12.1 Å². The predicted molar refractivity (Wildman–Crippen MR) is 91.6 cm³/mol. The van der Waals surface area contributed by atoms with Gasteiger partial charge in [0.15, 0.2) is 0 Å². The number of benzene rings is 2. The highest BCUT2D eigenvalue weighted by atomic mass is 32.2. The van der Waals surface area contributed by atoms with Gasteiger partial charge in [-0.15, -0.1) is 0 Å². The summed E-state index contributed by atoms with van der Waals surface area (Å²) in [6.07, 6.45) is 3.73. The van der Waals surface area contributed by atoms with Gasteiger partial charge in [-0.25, -0.2) is 0 Å². The normalized spacial score (nSPS) is 11.3. The van der Waals surface area contributed by atoms with Crippen molar-refractivity contribution in [3.05, 3.63) is 84.7 Å². The third kappa shape index (κ3) is 4.00. The number of nitrogens with zero attached hydrogens (tertiary/aromatic N) is 1. The molecule has 2 aromatic carbocycles. The Morgan fingerprint density at radius 2 is 1.48 bits per heavy atom. The Morgan fingerprint density at radius 1 is 0.826 bits per heavy atom. The van der Waals surface area contributed by atoms with Gasteiger partial charge >= 0.3 is 0 Å². The number of nitrogens with one attached hydrogen (secondary N) is 2. The summed E-state index contributed by atoms with van der Waals surface area (Å²) in [6.45, 7) is 0.238. The van der Waals surface area contributed by atoms with Gasteiger partial charge in [0, 0.05) is 18.9 Å². The quantitative estimate of drug-likeness (QED) is 0.731. The first-order valence-corrected chi connectivity index (χ1v) is 8.66. The molecule has 1 aromatic heterocycles. The van der Waals surface area contributed by atoms with Gasteiger partial charge in [-0.2, -0.15) is 13.1 Å². The molecule has 6 heteroatoms. The fourth-order valence-electron chi connectivity index (χ4n) is 2.24. The Balaban J connectivity index is 1.76. The number of hydrogen-bond acceptors (Lipinski definition) is 2. The maximum Gasteiger partial charge on any atom is 0.299 e. The molecule has 0 bridgehead atoms. The summed E-state index contributed by atoms with van der Waals surface area (Å²) in [7, 11) is -3.66. The van der Waals surface area contributed by atoms with Crippen LogP contribution in [0.1, 0.15) is 5.56 Å². The van der Waals surface area contributed by atoms with Crippen LogP contribution in [-0.4, -0.2) is 13.0 Å². The van der Waals surface area contributed by atoms with Crippen molar-refractivity contribution in [3.63, 3.8) is 0 Å². The van der Waals surface area contributed by atoms with Crippen LogP contribution in [-0.2, 0) is 16.8 Å². The molecule has 0 unspecified atom stereocenters. The molecule has 23 heavy (non-hydrogen) atoms. The molecule has 0 fully saturated rings. The lowest BCUT2D eigenvalue weighted by molar-refractivity contribution is 0.587. The van der Waals surface area contributed by atoms with Crippen LogP contribution in [0.4, 0.5) is 5.69 Å². The molecule has 1 heterocycles. The van der Waals surface area contributed by atoms with Crippen LogP contribution in [0, 0.1) is 0 Å². The van der Waals surface area contributed by atoms with E-state index >= 15 is 0 Å². The van der Waals surface area contributed by atoms with Crippen molar-refractivity contribution < 1.29 is 8.42 Å². The van der Waals surface area contributed by atoms with Crippen LogP contribution >= 0.6 is 0 Å². The average Bonchev–Trinajstić information content (AvgIpc) is 3.09. The van der Waals surface area contributed by atoms with Gasteiger partial charge in [0.05, 0.1) is 11.4 Å². The lowest BCUT2D eigenvalue weighted by atomic mass is 10.2. The highest BCUT2D eigenvalue weighted by Gasteiger charge is 2.12. The van der Waals surface area contributed by atoms with Crippen LogP contribution in [0.25, 0.3) is 5.69 Å². The molecule has 118 valence electrons. The Kier molecular flexibility index (Phi) is 4.45. The van der Waals surface area contributed by atoms with E-state index in [4.69, 9.17) is 0 Å². The van der Waals surface area contributed by atoms with Crippen molar-refractivity contribution in [1.82, 2.24) is 9.29 Å². The molecular formula is C17H17N3O2S. The van der Waals surface area contributed by atoms with Crippen LogP contribution in [0.15, 0.2) is 79.1 Å². The van der Waals surface area contributed by atoms with Crippen molar-refractivity contribution in [2.45, 2.75) is 6.54 Å². The fraction of sp³-hybridized carbons (Fsp3) is 0.0588. The van der Waals surface area contributed by atoms with Gasteiger partial charge in [-0.3, -0.25) is 4.72 Å². The molecule has 0 amide bonds. The Morgan fingerprint density at radius 3 is 2.22 bits per heavy atom. The van der Waals surface area contributed by atoms with Crippen molar-refractivity contribution in [2.24, 2.45) is 0 Å². The molecule has 0 aliphatic rings. The molecule has 3 rings (SSSR count). The summed E-state index contributed by atoms with van der Waals surface area (Å²) in [5, 5.41) is 0. The second-order valence-electron chi connectivity index (χ2n) is 5.02. The molecule has 0 radical (unpaired) electrons. The molecule has 3 aromatic rings. The Hall–Kier alpha value is -2.57. The van der Waals surface area contributed by atoms with Crippen LogP contribution in [0.2, 0.25) is 0 Å². The van der Waals surface area contributed by atoms with Crippen molar-refractivity contribution in [1.29, 1.82) is 0 Å². The van der Waals surface area contributed by atoms with Gasteiger partial charge in [0.25, 0.3) is 10.2 Å². The number of hydrogen-bond donors (Lipinski definition) is 2. The Labute approximate surface area is 135 Å². The smallest absolute Gasteiger partial charge is 0.299 e. The maximum atomic E-state index is 12.3. The maximum absolute atomic E-state index is 12.3. The van der Waals surface area contributed by atoms with Crippen LogP contribution in [0.5, 0.6) is 0 Å². The van der Waals surface area contributed by atoms with E-state index in [0.29, 0.717) is 5.69 Å². The van der Waals surface area contributed by atoms with E-state index in [2.05, 4.69) is 9.44 Å². The fourth-order valence-corrected chi connectivity index (χ4v) is 3.13. The summed E-state index contributed by atoms with van der Waals surface area (Å²) in [5.41, 5.74) is 2.18. The average molecular weight is 327 g/mol. The van der Waals surface area contributed by atoms with Crippen molar-refractivity contribution in [2.75, 3.05) is 4.72 Å². The molecule has 0 spiro atoms. The monoisotopic (exact) mass is 327 g/mol. The molecule has 0 aliphatic carbocycles. The first-order valence-electron chi connectivity index (χ1n) is 7.18. The van der Waals surface area contributed by atoms with Crippen molar-refractivity contribution >= 4 is 15.9 Å². The van der Waals surface area contributed by atoms with E-state index in [-0.39, 0.29) is 6.54 Å². The minimum absolute atomic E-state index is 0.238. The first kappa shape index (κ1) is 15.3. The second kappa shape index (κ2) is 6.68. The number of anilines is 1. The highest BCUT2D eigenvalue weighted by Crippen LogP contribution is 2.20. The molecular weight excluding hydrogens is 310 g/mol. The standard InChI is InChI=1S/C17H17N3O2S/c21-23(22,18-14-15-8-2-1-3-9-15)19-16-10-4-5-11-17(16)20-12-6-7-13-20/h1-13,18-19H,14H2. The molecule has 0 atom stereocenters. The molecule has 0 saturated heterocycles. The zero-order valence-electron chi connectivity index (χ0n) is 12.4. The van der Waals surface area contributed by atoms with Gasteiger partial charge in [-0.1, -0.05) is 42.5 Å². The summed E-state index contributed by atoms with van der Waals surface area (Å²) >= 11 is 0. The van der Waals surface area contributed by atoms with Crippen LogP contribution in [0.3, 0.4) is 0 Å². The lowest BCUT2D eigenvalue weighted by Gasteiger charge is -2.14. The lowest BCUT2D eigenvalue weighted by Crippen LogP contribution is -2.30. The van der Waals surface area contributed by atoms with Gasteiger partial charge in [0.1, 0.15) is 0 Å². The molecule has 2 N–H and O–H groups in total. The topological polar surface area (TPSA) is 63.1 Å². The predicted octanol–water partition coefficient (Wildman–Crippen LogP) is 2.92. The van der Waals surface area contributed by atoms with E-state index in [1.165, 1.54) is 0 Å². The minimum Gasteiger partial charge on any atom is -0.322 e. The number of para-hydroxylation sites is 2. The molecule has 0 aliphatic heterocycles. The van der Waals surface area contributed by atoms with E-state index in [0.717, 1.165) is 11.3 Å². The van der Waals surface area contributed by atoms with E-state index < -0.39 is 10.2 Å². The summed E-state index contributed by atoms with van der Waals surface area (Å²) in [4.78, 5) is 0. The van der Waals surface area contributed by atoms with Gasteiger partial charge in [0.2, 0.25) is 0 Å². The number of aromatic nitrogens is 1. The third-order valence-corrected chi connectivity index (χ3v) is 4.35. The van der Waals surface area contributed by atoms with Crippen molar-refractivity contribution in [3.8, 4) is 5.69 Å². The molecule has 0 saturated carbocycles. The zero-order valence-corrected chi connectivity index (χ0v) is 13.2. The highest BCUT2D eigenvalue weighted by molar-refractivity contribution is 7.90. The third-order valence-electron chi connectivity index (χ3n) is 3.34. The Bertz CT molecular complexity index is 860. The minimum atomic E-state index is -3.66. The largest absolute Gasteiger partial charge is 0.322 e.